The van der Waals surface area contributed by atoms with Crippen molar-refractivity contribution in [1.82, 2.24) is 4.90 Å². The fraction of sp³-hybridized carbons (Fsp3) is 0.889. The Balaban J connectivity index is 2.34. The molecule has 4 nitrogen and oxygen atoms in total. The molecule has 1 heterocycles. The van der Waals surface area contributed by atoms with E-state index < -0.39 is 0 Å². The number of hydrogen-bond donors (Lipinski definition) is 1. The van der Waals surface area contributed by atoms with Gasteiger partial charge in [-0.15, -0.1) is 0 Å². The fourth-order valence-corrected chi connectivity index (χ4v) is 1.75. The molecule has 0 aromatic rings. The maximum absolute atomic E-state index is 11.1. The normalized spacial score (nSPS) is 20.6. The van der Waals surface area contributed by atoms with Crippen LogP contribution < -0.4 is 5.90 Å². The second-order valence-electron chi connectivity index (χ2n) is 3.84. The monoisotopic (exact) mass is 186 g/mol. The molecule has 0 amide bonds. The second-order valence-corrected chi connectivity index (χ2v) is 3.84. The van der Waals surface area contributed by atoms with Gasteiger partial charge in [-0.05, 0) is 39.8 Å². The summed E-state index contributed by atoms with van der Waals surface area (Å²) in [6, 6.07) is 0.565. The van der Waals surface area contributed by atoms with E-state index >= 15 is 0 Å². The first-order valence-corrected chi connectivity index (χ1v) is 4.79. The lowest BCUT2D eigenvalue weighted by Gasteiger charge is -2.33. The van der Waals surface area contributed by atoms with Crippen LogP contribution in [0, 0.1) is 5.92 Å². The Morgan fingerprint density at radius 1 is 1.46 bits per heavy atom. The van der Waals surface area contributed by atoms with Crippen LogP contribution in [0.4, 0.5) is 0 Å². The Kier molecular flexibility index (Phi) is 3.69. The number of piperidine rings is 1. The third kappa shape index (κ3) is 2.67. The number of nitrogens with two attached hydrogens (primary N) is 1. The quantitative estimate of drug-likeness (QED) is 0.639. The predicted molar refractivity (Wildman–Crippen MR) is 49.7 cm³/mol. The molecule has 0 saturated carbocycles. The van der Waals surface area contributed by atoms with Gasteiger partial charge in [-0.25, -0.2) is 0 Å². The van der Waals surface area contributed by atoms with Crippen molar-refractivity contribution in [2.24, 2.45) is 11.8 Å². The molecule has 1 fully saturated rings. The Hall–Kier alpha value is -0.610. The van der Waals surface area contributed by atoms with E-state index in [2.05, 4.69) is 23.6 Å². The zero-order valence-electron chi connectivity index (χ0n) is 8.32. The van der Waals surface area contributed by atoms with Crippen molar-refractivity contribution in [2.45, 2.75) is 32.7 Å². The zero-order valence-corrected chi connectivity index (χ0v) is 8.32. The second kappa shape index (κ2) is 4.58. The molecule has 0 aliphatic carbocycles. The van der Waals surface area contributed by atoms with Crippen molar-refractivity contribution in [3.63, 3.8) is 0 Å². The van der Waals surface area contributed by atoms with Crippen LogP contribution in [0.15, 0.2) is 0 Å². The molecule has 4 heteroatoms. The summed E-state index contributed by atoms with van der Waals surface area (Å²) in [5.74, 6) is 4.59. The highest BCUT2D eigenvalue weighted by atomic mass is 16.7. The molecule has 0 aromatic heterocycles. The molecule has 1 aliphatic rings. The summed E-state index contributed by atoms with van der Waals surface area (Å²) in [5.41, 5.74) is 0. The lowest BCUT2D eigenvalue weighted by Crippen LogP contribution is -2.41. The average Bonchev–Trinajstić information content (AvgIpc) is 2.17. The molecule has 1 aliphatic heterocycles. The van der Waals surface area contributed by atoms with Gasteiger partial charge in [0.25, 0.3) is 0 Å². The van der Waals surface area contributed by atoms with Gasteiger partial charge in [0.1, 0.15) is 0 Å². The Morgan fingerprint density at radius 2 is 2.00 bits per heavy atom. The maximum Gasteiger partial charge on any atom is 0.327 e. The maximum atomic E-state index is 11.1. The summed E-state index contributed by atoms with van der Waals surface area (Å²) >= 11 is 0. The van der Waals surface area contributed by atoms with Crippen LogP contribution in [0.2, 0.25) is 0 Å². The standard InChI is InChI=1S/C9H18N2O2/c1-7(2)11-5-3-8(4-6-11)9(12)13-10/h7-8H,3-6,10H2,1-2H3. The molecule has 2 N–H and O–H groups in total. The number of carbonyl (C=O) groups is 1. The molecule has 0 unspecified atom stereocenters. The summed E-state index contributed by atoms with van der Waals surface area (Å²) in [6.07, 6.45) is 1.74. The van der Waals surface area contributed by atoms with Crippen LogP contribution in [0.3, 0.4) is 0 Å². The Labute approximate surface area is 79.0 Å². The molecule has 1 saturated heterocycles. The van der Waals surface area contributed by atoms with E-state index in [0.717, 1.165) is 25.9 Å². The highest BCUT2D eigenvalue weighted by molar-refractivity contribution is 5.72. The van der Waals surface area contributed by atoms with Crippen molar-refractivity contribution < 1.29 is 9.63 Å². The minimum Gasteiger partial charge on any atom is -0.373 e. The van der Waals surface area contributed by atoms with Crippen LogP contribution in [-0.4, -0.2) is 30.0 Å². The average molecular weight is 186 g/mol. The van der Waals surface area contributed by atoms with E-state index in [4.69, 9.17) is 5.90 Å². The topological polar surface area (TPSA) is 55.6 Å². The highest BCUT2D eigenvalue weighted by Crippen LogP contribution is 2.19. The minimum absolute atomic E-state index is 0.0139. The number of hydrogen-bond acceptors (Lipinski definition) is 4. The molecule has 0 aromatic carbocycles. The number of rotatable bonds is 2. The first kappa shape index (κ1) is 10.5. The van der Waals surface area contributed by atoms with E-state index in [1.165, 1.54) is 0 Å². The molecule has 0 bridgehead atoms. The predicted octanol–water partition coefficient (Wildman–Crippen LogP) is 0.524. The minimum atomic E-state index is -0.261. The van der Waals surface area contributed by atoms with E-state index in [9.17, 15) is 4.79 Å². The van der Waals surface area contributed by atoms with Crippen molar-refractivity contribution in [3.8, 4) is 0 Å². The van der Waals surface area contributed by atoms with Gasteiger partial charge in [0.15, 0.2) is 0 Å². The van der Waals surface area contributed by atoms with Crippen molar-refractivity contribution in [3.05, 3.63) is 0 Å². The fourth-order valence-electron chi connectivity index (χ4n) is 1.75. The van der Waals surface area contributed by atoms with E-state index in [1.54, 1.807) is 0 Å². The van der Waals surface area contributed by atoms with Gasteiger partial charge < -0.3 is 9.74 Å². The van der Waals surface area contributed by atoms with E-state index in [-0.39, 0.29) is 11.9 Å². The summed E-state index contributed by atoms with van der Waals surface area (Å²) in [7, 11) is 0. The third-order valence-corrected chi connectivity index (χ3v) is 2.71. The summed E-state index contributed by atoms with van der Waals surface area (Å²) in [6.45, 7) is 6.28. The lowest BCUT2D eigenvalue weighted by molar-refractivity contribution is -0.150. The van der Waals surface area contributed by atoms with Crippen LogP contribution in [0.25, 0.3) is 0 Å². The first-order valence-electron chi connectivity index (χ1n) is 4.79. The molecule has 0 atom stereocenters. The van der Waals surface area contributed by atoms with Gasteiger partial charge >= 0.3 is 5.97 Å². The molecule has 0 spiro atoms. The Bertz CT molecular complexity index is 174. The van der Waals surface area contributed by atoms with Gasteiger partial charge in [-0.2, -0.15) is 5.90 Å². The number of nitrogens with zero attached hydrogens (tertiary/aromatic N) is 1. The summed E-state index contributed by atoms with van der Waals surface area (Å²) in [5, 5.41) is 0. The first-order chi connectivity index (χ1) is 6.15. The van der Waals surface area contributed by atoms with Crippen LogP contribution in [-0.2, 0) is 9.63 Å². The van der Waals surface area contributed by atoms with Crippen molar-refractivity contribution >= 4 is 5.97 Å². The highest BCUT2D eigenvalue weighted by Gasteiger charge is 2.26. The molecule has 0 radical (unpaired) electrons. The van der Waals surface area contributed by atoms with Crippen LogP contribution in [0.1, 0.15) is 26.7 Å². The number of carbonyl (C=O) groups excluding carboxylic acids is 1. The van der Waals surface area contributed by atoms with Gasteiger partial charge in [0.05, 0.1) is 5.92 Å². The zero-order chi connectivity index (χ0) is 9.84. The van der Waals surface area contributed by atoms with Gasteiger partial charge in [0.2, 0.25) is 0 Å². The largest absolute Gasteiger partial charge is 0.373 e. The summed E-state index contributed by atoms with van der Waals surface area (Å²) < 4.78 is 0. The van der Waals surface area contributed by atoms with E-state index in [0.29, 0.717) is 6.04 Å². The lowest BCUT2D eigenvalue weighted by atomic mass is 9.96. The number of likely N-dealkylation sites (tertiary alicyclic amines) is 1. The van der Waals surface area contributed by atoms with Crippen LogP contribution >= 0.6 is 0 Å². The smallest absolute Gasteiger partial charge is 0.327 e. The van der Waals surface area contributed by atoms with Crippen molar-refractivity contribution in [2.75, 3.05) is 13.1 Å². The Morgan fingerprint density at radius 3 is 2.38 bits per heavy atom. The SMILES string of the molecule is CC(C)N1CCC(C(=O)ON)CC1. The van der Waals surface area contributed by atoms with E-state index in [1.807, 2.05) is 0 Å². The van der Waals surface area contributed by atoms with Crippen molar-refractivity contribution in [1.29, 1.82) is 0 Å². The molecule has 1 rings (SSSR count). The molecule has 13 heavy (non-hydrogen) atoms. The van der Waals surface area contributed by atoms with Gasteiger partial charge in [0, 0.05) is 6.04 Å². The molecular weight excluding hydrogens is 168 g/mol. The summed E-state index contributed by atoms with van der Waals surface area (Å²) in [4.78, 5) is 17.7. The van der Waals surface area contributed by atoms with Crippen LogP contribution in [0.5, 0.6) is 0 Å². The molecule has 76 valence electrons. The third-order valence-electron chi connectivity index (χ3n) is 2.71. The van der Waals surface area contributed by atoms with Gasteiger partial charge in [-0.3, -0.25) is 4.79 Å². The molecular formula is C9H18N2O2. The van der Waals surface area contributed by atoms with Gasteiger partial charge in [-0.1, -0.05) is 0 Å².